The number of hydrogen-bond acceptors (Lipinski definition) is 3. The lowest BCUT2D eigenvalue weighted by Crippen LogP contribution is -2.10. The fraction of sp³-hybridized carbons (Fsp3) is 0. The molecule has 0 saturated carbocycles. The van der Waals surface area contributed by atoms with E-state index in [4.69, 9.17) is 9.97 Å². The van der Waals surface area contributed by atoms with E-state index in [-0.39, 0.29) is 0 Å². The summed E-state index contributed by atoms with van der Waals surface area (Å²) in [5.74, 6) is 0. The fourth-order valence-electron chi connectivity index (χ4n) is 9.87. The third-order valence-corrected chi connectivity index (χ3v) is 13.3. The second-order valence-corrected chi connectivity index (χ2v) is 17.1. The molecule has 0 aliphatic rings. The molecule has 0 unspecified atom stereocenters. The van der Waals surface area contributed by atoms with E-state index in [9.17, 15) is 0 Å². The molecule has 0 aliphatic heterocycles. The molecule has 2 heterocycles. The highest BCUT2D eigenvalue weighted by Crippen LogP contribution is 2.40. The summed E-state index contributed by atoms with van der Waals surface area (Å²) in [5, 5.41) is 17.0. The number of anilines is 3. The van der Waals surface area contributed by atoms with E-state index in [1.54, 1.807) is 0 Å². The van der Waals surface area contributed by atoms with Crippen LogP contribution in [0.15, 0.2) is 237 Å². The second-order valence-electron chi connectivity index (χ2n) is 17.1. The summed E-state index contributed by atoms with van der Waals surface area (Å²) in [6, 6.07) is 81.4. The first kappa shape index (κ1) is 36.9. The first-order chi connectivity index (χ1) is 32.2. The van der Waals surface area contributed by atoms with Crippen molar-refractivity contribution >= 4 is 92.5 Å². The van der Waals surface area contributed by atoms with Crippen LogP contribution in [0.5, 0.6) is 0 Å². The quantitative estimate of drug-likeness (QED) is 0.156. The standard InChI is InChI=1S/C62H39N3/c1-2-10-45-33-46(16-13-40(45)7-1)47-25-31-57-48(34-47)17-18-49-35-54(30-32-58(49)57)65(52-26-21-43(22-27-52)61-36-59-50(38-63-61)19-14-41-8-3-5-11-55(41)59)53-28-23-44(24-29-53)62-37-60-51(39-64-62)20-15-42-9-4-6-12-56(42)60/h1-39H. The number of rotatable bonds is 6. The van der Waals surface area contributed by atoms with Crippen LogP contribution in [0.3, 0.4) is 0 Å². The zero-order valence-electron chi connectivity index (χ0n) is 35.4. The van der Waals surface area contributed by atoms with Gasteiger partial charge in [0.1, 0.15) is 0 Å². The van der Waals surface area contributed by atoms with Gasteiger partial charge in [-0.1, -0.05) is 164 Å². The molecule has 0 N–H and O–H groups in total. The maximum Gasteiger partial charge on any atom is 0.0708 e. The molecule has 3 heteroatoms. The first-order valence-corrected chi connectivity index (χ1v) is 22.2. The van der Waals surface area contributed by atoms with Crippen molar-refractivity contribution in [2.75, 3.05) is 4.90 Å². The molecule has 302 valence electrons. The van der Waals surface area contributed by atoms with E-state index in [2.05, 4.69) is 229 Å². The summed E-state index contributed by atoms with van der Waals surface area (Å²) in [7, 11) is 0. The van der Waals surface area contributed by atoms with Crippen LogP contribution in [-0.2, 0) is 0 Å². The number of hydrogen-bond donors (Lipinski definition) is 0. The van der Waals surface area contributed by atoms with Crippen molar-refractivity contribution < 1.29 is 0 Å². The van der Waals surface area contributed by atoms with Crippen molar-refractivity contribution in [2.24, 2.45) is 0 Å². The minimum atomic E-state index is 0.952. The number of benzene rings is 11. The molecule has 13 rings (SSSR count). The molecule has 0 spiro atoms. The lowest BCUT2D eigenvalue weighted by Gasteiger charge is -2.26. The molecular formula is C62H39N3. The Balaban J connectivity index is 0.895. The van der Waals surface area contributed by atoms with Crippen LogP contribution in [0.2, 0.25) is 0 Å². The third-order valence-electron chi connectivity index (χ3n) is 13.3. The smallest absolute Gasteiger partial charge is 0.0708 e. The normalized spacial score (nSPS) is 11.7. The van der Waals surface area contributed by atoms with E-state index in [0.29, 0.717) is 0 Å². The Hall–Kier alpha value is -8.66. The Morgan fingerprint density at radius 1 is 0.231 bits per heavy atom. The van der Waals surface area contributed by atoms with Gasteiger partial charge in [0.05, 0.1) is 11.4 Å². The average molecular weight is 826 g/mol. The summed E-state index contributed by atoms with van der Waals surface area (Å²) >= 11 is 0. The predicted molar refractivity (Wildman–Crippen MR) is 276 cm³/mol. The van der Waals surface area contributed by atoms with E-state index in [0.717, 1.165) is 50.3 Å². The number of pyridine rings is 2. The monoisotopic (exact) mass is 825 g/mol. The molecule has 2 aromatic heterocycles. The molecule has 0 bridgehead atoms. The zero-order chi connectivity index (χ0) is 42.8. The van der Waals surface area contributed by atoms with Gasteiger partial charge in [-0.05, 0) is 136 Å². The topological polar surface area (TPSA) is 29.0 Å². The highest BCUT2D eigenvalue weighted by Gasteiger charge is 2.16. The van der Waals surface area contributed by atoms with Gasteiger partial charge in [-0.15, -0.1) is 0 Å². The summed E-state index contributed by atoms with van der Waals surface area (Å²) < 4.78 is 0. The summed E-state index contributed by atoms with van der Waals surface area (Å²) in [6.07, 6.45) is 3.99. The van der Waals surface area contributed by atoms with Crippen molar-refractivity contribution in [3.63, 3.8) is 0 Å². The summed E-state index contributed by atoms with van der Waals surface area (Å²) in [4.78, 5) is 12.2. The Morgan fingerprint density at radius 2 is 0.615 bits per heavy atom. The highest BCUT2D eigenvalue weighted by atomic mass is 15.1. The Morgan fingerprint density at radius 3 is 1.20 bits per heavy atom. The van der Waals surface area contributed by atoms with Crippen LogP contribution in [-0.4, -0.2) is 9.97 Å². The molecule has 3 nitrogen and oxygen atoms in total. The molecule has 0 saturated heterocycles. The SMILES string of the molecule is c1ccc2cc(-c3ccc4c(ccc5cc(N(c6ccc(-c7cc8c(ccc9ccccc98)cn7)cc6)c6ccc(-c7cc8c(ccc9ccccc98)cn7)cc6)ccc54)c3)ccc2c1. The van der Waals surface area contributed by atoms with Crippen LogP contribution in [0.1, 0.15) is 0 Å². The van der Waals surface area contributed by atoms with Gasteiger partial charge in [-0.25, -0.2) is 0 Å². The molecule has 13 aromatic rings. The van der Waals surface area contributed by atoms with Crippen LogP contribution < -0.4 is 4.90 Å². The van der Waals surface area contributed by atoms with Crippen LogP contribution in [0, 0.1) is 0 Å². The first-order valence-electron chi connectivity index (χ1n) is 22.2. The maximum absolute atomic E-state index is 4.92. The number of nitrogens with zero attached hydrogens (tertiary/aromatic N) is 3. The molecule has 0 amide bonds. The summed E-state index contributed by atoms with van der Waals surface area (Å²) in [5.41, 5.74) is 9.69. The summed E-state index contributed by atoms with van der Waals surface area (Å²) in [6.45, 7) is 0. The lowest BCUT2D eigenvalue weighted by atomic mass is 9.96. The van der Waals surface area contributed by atoms with E-state index >= 15 is 0 Å². The van der Waals surface area contributed by atoms with Gasteiger partial charge in [0, 0.05) is 51.4 Å². The highest BCUT2D eigenvalue weighted by molar-refractivity contribution is 6.11. The lowest BCUT2D eigenvalue weighted by molar-refractivity contribution is 1.28. The number of fused-ring (bicyclic) bond motifs is 10. The fourth-order valence-corrected chi connectivity index (χ4v) is 9.87. The van der Waals surface area contributed by atoms with Crippen molar-refractivity contribution in [3.8, 4) is 33.6 Å². The van der Waals surface area contributed by atoms with Gasteiger partial charge in [-0.2, -0.15) is 0 Å². The molecule has 0 fully saturated rings. The van der Waals surface area contributed by atoms with Gasteiger partial charge in [0.2, 0.25) is 0 Å². The maximum atomic E-state index is 4.92. The largest absolute Gasteiger partial charge is 0.310 e. The zero-order valence-corrected chi connectivity index (χ0v) is 35.4. The molecule has 0 aliphatic carbocycles. The van der Waals surface area contributed by atoms with Crippen molar-refractivity contribution in [2.45, 2.75) is 0 Å². The Kier molecular flexibility index (Phi) is 8.53. The van der Waals surface area contributed by atoms with E-state index < -0.39 is 0 Å². The second kappa shape index (κ2) is 15.0. The van der Waals surface area contributed by atoms with Gasteiger partial charge < -0.3 is 4.90 Å². The predicted octanol–water partition coefficient (Wildman–Crippen LogP) is 17.0. The minimum absolute atomic E-state index is 0.952. The molecule has 0 radical (unpaired) electrons. The molecule has 65 heavy (non-hydrogen) atoms. The van der Waals surface area contributed by atoms with Crippen molar-refractivity contribution in [3.05, 3.63) is 237 Å². The van der Waals surface area contributed by atoms with Gasteiger partial charge in [0.15, 0.2) is 0 Å². The minimum Gasteiger partial charge on any atom is -0.310 e. The van der Waals surface area contributed by atoms with Gasteiger partial charge in [-0.3, -0.25) is 9.97 Å². The van der Waals surface area contributed by atoms with E-state index in [1.807, 2.05) is 12.4 Å². The molecule has 11 aromatic carbocycles. The molecular weight excluding hydrogens is 787 g/mol. The Bertz CT molecular complexity index is 3840. The Labute approximate surface area is 376 Å². The van der Waals surface area contributed by atoms with E-state index in [1.165, 1.54) is 75.8 Å². The van der Waals surface area contributed by atoms with Gasteiger partial charge in [0.25, 0.3) is 0 Å². The third kappa shape index (κ3) is 6.44. The van der Waals surface area contributed by atoms with Crippen molar-refractivity contribution in [1.29, 1.82) is 0 Å². The average Bonchev–Trinajstić information content (AvgIpc) is 3.38. The van der Waals surface area contributed by atoms with Gasteiger partial charge >= 0.3 is 0 Å². The molecule has 0 atom stereocenters. The van der Waals surface area contributed by atoms with Crippen molar-refractivity contribution in [1.82, 2.24) is 9.97 Å². The van der Waals surface area contributed by atoms with Crippen LogP contribution in [0.25, 0.3) is 109 Å². The number of aromatic nitrogens is 2. The van der Waals surface area contributed by atoms with Crippen LogP contribution >= 0.6 is 0 Å². The van der Waals surface area contributed by atoms with Crippen LogP contribution in [0.4, 0.5) is 17.1 Å².